The first kappa shape index (κ1) is 15.8. The zero-order valence-corrected chi connectivity index (χ0v) is 14.1. The van der Waals surface area contributed by atoms with E-state index in [1.165, 1.54) is 11.3 Å². The molecule has 1 fully saturated rings. The molecule has 0 amide bonds. The van der Waals surface area contributed by atoms with Gasteiger partial charge in [-0.1, -0.05) is 18.2 Å². The summed E-state index contributed by atoms with van der Waals surface area (Å²) in [6, 6.07) is 12.6. The first-order valence-electron chi connectivity index (χ1n) is 8.27. The Kier molecular flexibility index (Phi) is 4.82. The fraction of sp³-hybridized carbons (Fsp3) is 0.421. The third-order valence-electron chi connectivity index (χ3n) is 4.25. The summed E-state index contributed by atoms with van der Waals surface area (Å²) in [5, 5.41) is 3.57. The fourth-order valence-corrected chi connectivity index (χ4v) is 3.17. The molecule has 2 aromatic rings. The van der Waals surface area contributed by atoms with Crippen molar-refractivity contribution in [2.75, 3.05) is 23.3 Å². The number of hydrogen-bond donors (Lipinski definition) is 1. The van der Waals surface area contributed by atoms with Crippen LogP contribution < -0.4 is 10.2 Å². The molecule has 0 spiro atoms. The second kappa shape index (κ2) is 7.01. The van der Waals surface area contributed by atoms with Crippen molar-refractivity contribution in [2.24, 2.45) is 0 Å². The van der Waals surface area contributed by atoms with Crippen LogP contribution in [0.1, 0.15) is 25.1 Å². The predicted molar refractivity (Wildman–Crippen MR) is 95.0 cm³/mol. The molecule has 122 valence electrons. The zero-order chi connectivity index (χ0) is 16.2. The van der Waals surface area contributed by atoms with Crippen LogP contribution in [-0.2, 0) is 11.3 Å². The van der Waals surface area contributed by atoms with Crippen LogP contribution in [0.15, 0.2) is 42.6 Å². The Labute approximate surface area is 138 Å². The smallest absolute Gasteiger partial charge is 0.0726 e. The number of nitrogens with zero attached hydrogens (tertiary/aromatic N) is 2. The van der Waals surface area contributed by atoms with Gasteiger partial charge in [0.05, 0.1) is 23.6 Å². The number of para-hydroxylation sites is 2. The molecule has 1 aliphatic rings. The molecule has 3 rings (SSSR count). The molecule has 4 heteroatoms. The molecule has 0 aliphatic carbocycles. The number of morpholine rings is 1. The van der Waals surface area contributed by atoms with Crippen LogP contribution >= 0.6 is 0 Å². The third-order valence-corrected chi connectivity index (χ3v) is 4.25. The van der Waals surface area contributed by atoms with Crippen LogP contribution in [0.4, 0.5) is 11.4 Å². The van der Waals surface area contributed by atoms with Gasteiger partial charge in [-0.25, -0.2) is 0 Å². The van der Waals surface area contributed by atoms with Gasteiger partial charge in [0.15, 0.2) is 0 Å². The highest BCUT2D eigenvalue weighted by Crippen LogP contribution is 2.29. The van der Waals surface area contributed by atoms with E-state index in [0.717, 1.165) is 31.0 Å². The van der Waals surface area contributed by atoms with Gasteiger partial charge >= 0.3 is 0 Å². The van der Waals surface area contributed by atoms with Gasteiger partial charge in [-0.3, -0.25) is 4.98 Å². The van der Waals surface area contributed by atoms with E-state index in [0.29, 0.717) is 0 Å². The van der Waals surface area contributed by atoms with Crippen LogP contribution in [-0.4, -0.2) is 30.3 Å². The molecule has 23 heavy (non-hydrogen) atoms. The summed E-state index contributed by atoms with van der Waals surface area (Å²) in [5.74, 6) is 0. The number of aromatic nitrogens is 1. The molecule has 2 heterocycles. The summed E-state index contributed by atoms with van der Waals surface area (Å²) in [6.07, 6.45) is 2.35. The number of benzene rings is 1. The zero-order valence-electron chi connectivity index (χ0n) is 14.1. The van der Waals surface area contributed by atoms with Gasteiger partial charge in [-0.05, 0) is 44.5 Å². The minimum absolute atomic E-state index is 0.257. The van der Waals surface area contributed by atoms with Crippen molar-refractivity contribution in [1.29, 1.82) is 0 Å². The molecular formula is C19H25N3O. The number of ether oxygens (including phenoxy) is 1. The maximum absolute atomic E-state index is 5.85. The molecule has 0 unspecified atom stereocenters. The SMILES string of the molecule is Cc1ncccc1CNc1ccccc1N1C[C@@H](C)O[C@H](C)C1. The lowest BCUT2D eigenvalue weighted by Crippen LogP contribution is -2.45. The average molecular weight is 311 g/mol. The molecule has 0 saturated carbocycles. The van der Waals surface area contributed by atoms with Gasteiger partial charge in [-0.15, -0.1) is 0 Å². The lowest BCUT2D eigenvalue weighted by molar-refractivity contribution is -0.00517. The van der Waals surface area contributed by atoms with Gasteiger partial charge in [0, 0.05) is 31.5 Å². The van der Waals surface area contributed by atoms with E-state index in [4.69, 9.17) is 4.74 Å². The van der Waals surface area contributed by atoms with Crippen LogP contribution in [0, 0.1) is 6.92 Å². The number of nitrogens with one attached hydrogen (secondary N) is 1. The van der Waals surface area contributed by atoms with Gasteiger partial charge < -0.3 is 15.0 Å². The van der Waals surface area contributed by atoms with Crippen molar-refractivity contribution in [3.05, 3.63) is 53.9 Å². The molecular weight excluding hydrogens is 286 g/mol. The lowest BCUT2D eigenvalue weighted by atomic mass is 10.1. The van der Waals surface area contributed by atoms with Gasteiger partial charge in [0.1, 0.15) is 0 Å². The topological polar surface area (TPSA) is 37.4 Å². The minimum atomic E-state index is 0.257. The minimum Gasteiger partial charge on any atom is -0.379 e. The molecule has 1 saturated heterocycles. The van der Waals surface area contributed by atoms with Gasteiger partial charge in [-0.2, -0.15) is 0 Å². The molecule has 1 N–H and O–H groups in total. The molecule has 1 aliphatic heterocycles. The Bertz CT molecular complexity index is 649. The highest BCUT2D eigenvalue weighted by Gasteiger charge is 2.23. The largest absolute Gasteiger partial charge is 0.379 e. The van der Waals surface area contributed by atoms with E-state index >= 15 is 0 Å². The van der Waals surface area contributed by atoms with E-state index in [2.05, 4.69) is 59.4 Å². The van der Waals surface area contributed by atoms with E-state index in [-0.39, 0.29) is 12.2 Å². The second-order valence-electron chi connectivity index (χ2n) is 6.28. The van der Waals surface area contributed by atoms with Gasteiger partial charge in [0.25, 0.3) is 0 Å². The molecule has 1 aromatic heterocycles. The second-order valence-corrected chi connectivity index (χ2v) is 6.28. The predicted octanol–water partition coefficient (Wildman–Crippen LogP) is 3.62. The number of pyridine rings is 1. The van der Waals surface area contributed by atoms with Crippen LogP contribution in [0.25, 0.3) is 0 Å². The number of hydrogen-bond acceptors (Lipinski definition) is 4. The summed E-state index contributed by atoms with van der Waals surface area (Å²) in [7, 11) is 0. The van der Waals surface area contributed by atoms with E-state index in [9.17, 15) is 0 Å². The summed E-state index contributed by atoms with van der Waals surface area (Å²) in [4.78, 5) is 6.77. The van der Waals surface area contributed by atoms with Crippen molar-refractivity contribution in [2.45, 2.75) is 39.5 Å². The van der Waals surface area contributed by atoms with Crippen molar-refractivity contribution in [3.8, 4) is 0 Å². The van der Waals surface area contributed by atoms with Crippen LogP contribution in [0.5, 0.6) is 0 Å². The van der Waals surface area contributed by atoms with Crippen molar-refractivity contribution in [1.82, 2.24) is 4.98 Å². The molecule has 4 nitrogen and oxygen atoms in total. The quantitative estimate of drug-likeness (QED) is 0.936. The normalized spacial score (nSPS) is 21.3. The number of rotatable bonds is 4. The Balaban J connectivity index is 1.77. The summed E-state index contributed by atoms with van der Waals surface area (Å²) < 4.78 is 5.85. The standard InChI is InChI=1S/C19H25N3O/c1-14-12-22(13-15(2)23-14)19-9-5-4-8-18(19)21-11-17-7-6-10-20-16(17)3/h4-10,14-15,21H,11-13H2,1-3H3/t14-,15-/m1/s1. The van der Waals surface area contributed by atoms with E-state index < -0.39 is 0 Å². The highest BCUT2D eigenvalue weighted by atomic mass is 16.5. The summed E-state index contributed by atoms with van der Waals surface area (Å²) in [6.45, 7) is 8.96. The van der Waals surface area contributed by atoms with E-state index in [1.54, 1.807) is 0 Å². The summed E-state index contributed by atoms with van der Waals surface area (Å²) >= 11 is 0. The number of aryl methyl sites for hydroxylation is 1. The van der Waals surface area contributed by atoms with Gasteiger partial charge in [0.2, 0.25) is 0 Å². The monoisotopic (exact) mass is 311 g/mol. The average Bonchev–Trinajstić information content (AvgIpc) is 2.53. The molecule has 1 aromatic carbocycles. The highest BCUT2D eigenvalue weighted by molar-refractivity contribution is 5.70. The maximum atomic E-state index is 5.85. The first-order chi connectivity index (χ1) is 11.1. The summed E-state index contributed by atoms with van der Waals surface area (Å²) in [5.41, 5.74) is 4.71. The molecule has 0 radical (unpaired) electrons. The lowest BCUT2D eigenvalue weighted by Gasteiger charge is -2.37. The third kappa shape index (κ3) is 3.82. The Morgan fingerprint density at radius 3 is 2.61 bits per heavy atom. The maximum Gasteiger partial charge on any atom is 0.0726 e. The van der Waals surface area contributed by atoms with Crippen LogP contribution in [0.3, 0.4) is 0 Å². The van der Waals surface area contributed by atoms with Crippen LogP contribution in [0.2, 0.25) is 0 Å². The Morgan fingerprint density at radius 2 is 1.87 bits per heavy atom. The van der Waals surface area contributed by atoms with E-state index in [1.807, 2.05) is 19.2 Å². The molecule has 2 atom stereocenters. The molecule has 0 bridgehead atoms. The Hall–Kier alpha value is -2.07. The Morgan fingerprint density at radius 1 is 1.13 bits per heavy atom. The van der Waals surface area contributed by atoms with Crippen molar-refractivity contribution in [3.63, 3.8) is 0 Å². The fourth-order valence-electron chi connectivity index (χ4n) is 3.17. The van der Waals surface area contributed by atoms with Crippen molar-refractivity contribution >= 4 is 11.4 Å². The number of anilines is 2. The first-order valence-corrected chi connectivity index (χ1v) is 8.27. The van der Waals surface area contributed by atoms with Crippen molar-refractivity contribution < 1.29 is 4.74 Å².